The number of ketones is 2. The minimum atomic E-state index is -0.397. The van der Waals surface area contributed by atoms with Crippen molar-refractivity contribution >= 4 is 17.5 Å². The second-order valence-electron chi connectivity index (χ2n) is 15.5. The second-order valence-corrected chi connectivity index (χ2v) is 15.5. The highest BCUT2D eigenvalue weighted by molar-refractivity contribution is 6.01. The number of nitrogens with zero attached hydrogens (tertiary/aromatic N) is 1. The number of hydrogen-bond acceptors (Lipinski definition) is 5. The zero-order valence-electron chi connectivity index (χ0n) is 26.3. The third kappa shape index (κ3) is 5.77. The molecule has 3 aliphatic carbocycles. The summed E-state index contributed by atoms with van der Waals surface area (Å²) in [6, 6.07) is 2.18. The van der Waals surface area contributed by atoms with E-state index < -0.39 is 5.41 Å². The molecule has 0 aromatic heterocycles. The molecular weight excluding hydrogens is 486 g/mol. The van der Waals surface area contributed by atoms with E-state index in [1.165, 1.54) is 6.92 Å². The van der Waals surface area contributed by atoms with Gasteiger partial charge in [0.15, 0.2) is 5.78 Å². The molecule has 2 fully saturated rings. The molecule has 5 nitrogen and oxygen atoms in total. The van der Waals surface area contributed by atoms with Crippen molar-refractivity contribution < 1.29 is 19.1 Å². The van der Waals surface area contributed by atoms with Crippen molar-refractivity contribution in [3.63, 3.8) is 0 Å². The number of carbonyl (C=O) groups excluding carboxylic acids is 3. The fourth-order valence-electron chi connectivity index (χ4n) is 9.05. The van der Waals surface area contributed by atoms with Crippen molar-refractivity contribution in [2.45, 2.75) is 121 Å². The zero-order valence-corrected chi connectivity index (χ0v) is 26.3. The van der Waals surface area contributed by atoms with Crippen LogP contribution in [-0.4, -0.2) is 24.1 Å². The Balaban J connectivity index is 1.99. The van der Waals surface area contributed by atoms with Gasteiger partial charge in [-0.2, -0.15) is 5.26 Å². The van der Waals surface area contributed by atoms with Crippen LogP contribution >= 0.6 is 0 Å². The van der Waals surface area contributed by atoms with Crippen molar-refractivity contribution in [1.82, 2.24) is 0 Å². The first-order chi connectivity index (χ1) is 17.8. The Hall–Kier alpha value is -1.96. The number of carbonyl (C=O) groups is 3. The van der Waals surface area contributed by atoms with E-state index in [0.717, 1.165) is 44.9 Å². The summed E-state index contributed by atoms with van der Waals surface area (Å²) in [6.07, 6.45) is 9.48. The molecule has 0 amide bonds. The zero-order chi connectivity index (χ0) is 29.6. The number of ether oxygens (including phenoxy) is 1. The van der Waals surface area contributed by atoms with Gasteiger partial charge in [0, 0.05) is 24.7 Å². The van der Waals surface area contributed by atoms with Crippen molar-refractivity contribution in [3.05, 3.63) is 11.6 Å². The fourth-order valence-corrected chi connectivity index (χ4v) is 9.05. The van der Waals surface area contributed by atoms with Crippen molar-refractivity contribution in [1.29, 1.82) is 5.26 Å². The first-order valence-corrected chi connectivity index (χ1v) is 15.1. The summed E-state index contributed by atoms with van der Waals surface area (Å²) in [7, 11) is 0. The number of allylic oxidation sites excluding steroid dienone is 2. The molecule has 2 saturated carbocycles. The molecule has 0 spiro atoms. The van der Waals surface area contributed by atoms with E-state index in [9.17, 15) is 19.6 Å². The largest absolute Gasteiger partial charge is 0.465 e. The first kappa shape index (κ1) is 31.6. The standard InChI is InChI=1S/C34H53NO4/c1-22-18-30(5,6)13-15-34(22,21-39-25(4)37)16-14-31(7,8)33(10)12-11-27-24(3)29(38)26(20-35)19-32(27,9)28(33)17-23(2)36/h19,22,24,27-28H,11-18,21H2,1-10H3/t22?,24-,27-,28+,32-,33+,34+/m0/s1. The van der Waals surface area contributed by atoms with Gasteiger partial charge < -0.3 is 9.53 Å². The predicted molar refractivity (Wildman–Crippen MR) is 154 cm³/mol. The minimum Gasteiger partial charge on any atom is -0.465 e. The molecule has 3 aliphatic rings. The van der Waals surface area contributed by atoms with E-state index in [0.29, 0.717) is 24.4 Å². The lowest BCUT2D eigenvalue weighted by Gasteiger charge is -2.63. The molecule has 3 rings (SSSR count). The van der Waals surface area contributed by atoms with Gasteiger partial charge in [-0.3, -0.25) is 9.59 Å². The van der Waals surface area contributed by atoms with Crippen molar-refractivity contribution in [3.8, 4) is 6.07 Å². The number of hydrogen-bond donors (Lipinski definition) is 0. The maximum atomic E-state index is 12.9. The van der Waals surface area contributed by atoms with Crippen LogP contribution in [0.2, 0.25) is 0 Å². The van der Waals surface area contributed by atoms with E-state index in [4.69, 9.17) is 4.74 Å². The van der Waals surface area contributed by atoms with Crippen LogP contribution in [0.4, 0.5) is 0 Å². The number of rotatable bonds is 8. The van der Waals surface area contributed by atoms with Gasteiger partial charge in [0.2, 0.25) is 0 Å². The summed E-state index contributed by atoms with van der Waals surface area (Å²) in [4.78, 5) is 37.6. The quantitative estimate of drug-likeness (QED) is 0.293. The van der Waals surface area contributed by atoms with Gasteiger partial charge in [-0.15, -0.1) is 0 Å². The lowest BCUT2D eigenvalue weighted by atomic mass is 9.41. The summed E-state index contributed by atoms with van der Waals surface area (Å²) in [5.41, 5.74) is -0.170. The Kier molecular flexibility index (Phi) is 8.73. The van der Waals surface area contributed by atoms with Crippen LogP contribution in [-0.2, 0) is 19.1 Å². The van der Waals surface area contributed by atoms with Gasteiger partial charge in [-0.25, -0.2) is 0 Å². The molecule has 0 N–H and O–H groups in total. The van der Waals surface area contributed by atoms with Gasteiger partial charge in [-0.05, 0) is 91.3 Å². The van der Waals surface area contributed by atoms with Gasteiger partial charge >= 0.3 is 5.97 Å². The molecule has 0 saturated heterocycles. The average molecular weight is 540 g/mol. The molecule has 0 bridgehead atoms. The third-order valence-electron chi connectivity index (χ3n) is 12.2. The number of esters is 1. The van der Waals surface area contributed by atoms with Crippen LogP contribution in [0, 0.1) is 62.1 Å². The van der Waals surface area contributed by atoms with Crippen molar-refractivity contribution in [2.24, 2.45) is 50.7 Å². The van der Waals surface area contributed by atoms with Crippen LogP contribution in [0.3, 0.4) is 0 Å². The van der Waals surface area contributed by atoms with E-state index >= 15 is 0 Å². The lowest BCUT2D eigenvalue weighted by Crippen LogP contribution is -2.57. The Labute approximate surface area is 237 Å². The van der Waals surface area contributed by atoms with Crippen LogP contribution < -0.4 is 0 Å². The van der Waals surface area contributed by atoms with E-state index in [1.54, 1.807) is 6.92 Å². The Bertz CT molecular complexity index is 1060. The van der Waals surface area contributed by atoms with Gasteiger partial charge in [0.05, 0.1) is 12.2 Å². The number of fused-ring (bicyclic) bond motifs is 1. The normalized spacial score (nSPS) is 38.3. The first-order valence-electron chi connectivity index (χ1n) is 15.1. The van der Waals surface area contributed by atoms with E-state index in [2.05, 4.69) is 54.5 Å². The molecule has 39 heavy (non-hydrogen) atoms. The SMILES string of the molecule is CC(=O)C[C@@H]1[C@@]2(C)C=C(C#N)C(=O)[C@@H](C)[C@@H]2CC[C@@]1(C)C(C)(C)CC[C@@]1(COC(C)=O)CCC(C)(C)CC1C. The monoisotopic (exact) mass is 539 g/mol. The molecule has 0 aliphatic heterocycles. The molecule has 1 unspecified atom stereocenters. The molecular formula is C34H53NO4. The second kappa shape index (κ2) is 10.8. The summed E-state index contributed by atoms with van der Waals surface area (Å²) in [5, 5.41) is 9.81. The van der Waals surface area contributed by atoms with Gasteiger partial charge in [0.1, 0.15) is 11.9 Å². The summed E-state index contributed by atoms with van der Waals surface area (Å²) in [6.45, 7) is 21.9. The highest BCUT2D eigenvalue weighted by Crippen LogP contribution is 2.66. The summed E-state index contributed by atoms with van der Waals surface area (Å²) < 4.78 is 5.71. The molecule has 7 atom stereocenters. The summed E-state index contributed by atoms with van der Waals surface area (Å²) >= 11 is 0. The van der Waals surface area contributed by atoms with E-state index in [-0.39, 0.29) is 57.1 Å². The average Bonchev–Trinajstić information content (AvgIpc) is 2.82. The van der Waals surface area contributed by atoms with Crippen LogP contribution in [0.5, 0.6) is 0 Å². The van der Waals surface area contributed by atoms with Crippen LogP contribution in [0.15, 0.2) is 11.6 Å². The molecule has 5 heteroatoms. The topological polar surface area (TPSA) is 84.2 Å². The van der Waals surface area contributed by atoms with E-state index in [1.807, 2.05) is 13.0 Å². The summed E-state index contributed by atoms with van der Waals surface area (Å²) in [5.74, 6) is 0.285. The van der Waals surface area contributed by atoms with Crippen LogP contribution in [0.1, 0.15) is 121 Å². The highest BCUT2D eigenvalue weighted by Gasteiger charge is 2.61. The molecule has 0 aromatic rings. The molecule has 0 heterocycles. The maximum Gasteiger partial charge on any atom is 0.302 e. The Morgan fingerprint density at radius 1 is 1.10 bits per heavy atom. The third-order valence-corrected chi connectivity index (χ3v) is 12.2. The lowest BCUT2D eigenvalue weighted by molar-refractivity contribution is -0.152. The smallest absolute Gasteiger partial charge is 0.302 e. The molecule has 0 radical (unpaired) electrons. The number of Topliss-reactive ketones (excluding diaryl/α,β-unsaturated/α-hetero) is 2. The Morgan fingerprint density at radius 3 is 2.28 bits per heavy atom. The molecule has 218 valence electrons. The van der Waals surface area contributed by atoms with Crippen LogP contribution in [0.25, 0.3) is 0 Å². The number of nitriles is 1. The van der Waals surface area contributed by atoms with Gasteiger partial charge in [0.25, 0.3) is 0 Å². The molecule has 0 aromatic carbocycles. The highest BCUT2D eigenvalue weighted by atomic mass is 16.5. The van der Waals surface area contributed by atoms with Crippen molar-refractivity contribution in [2.75, 3.05) is 6.61 Å². The predicted octanol–water partition coefficient (Wildman–Crippen LogP) is 7.88. The maximum absolute atomic E-state index is 12.9. The van der Waals surface area contributed by atoms with Gasteiger partial charge in [-0.1, -0.05) is 61.5 Å². The Morgan fingerprint density at radius 2 is 1.74 bits per heavy atom. The minimum absolute atomic E-state index is 0.0299. The fraction of sp³-hybridized carbons (Fsp3) is 0.824.